The molecule has 2 N–H and O–H groups in total. The van der Waals surface area contributed by atoms with Crippen LogP contribution in [0, 0.1) is 5.92 Å². The van der Waals surface area contributed by atoms with Crippen molar-refractivity contribution in [3.63, 3.8) is 0 Å². The number of ether oxygens (including phenoxy) is 3. The van der Waals surface area contributed by atoms with Gasteiger partial charge >= 0.3 is 12.0 Å². The molecule has 0 radical (unpaired) electrons. The van der Waals surface area contributed by atoms with Crippen LogP contribution in [0.2, 0.25) is 0 Å². The zero-order chi connectivity index (χ0) is 20.0. The van der Waals surface area contributed by atoms with E-state index in [9.17, 15) is 9.59 Å². The maximum absolute atomic E-state index is 12.7. The Morgan fingerprint density at radius 2 is 1.96 bits per heavy atom. The van der Waals surface area contributed by atoms with Gasteiger partial charge in [-0.25, -0.2) is 9.59 Å². The van der Waals surface area contributed by atoms with Crippen molar-refractivity contribution in [1.82, 2.24) is 10.6 Å². The summed E-state index contributed by atoms with van der Waals surface area (Å²) in [7, 11) is 1.57. The lowest BCUT2D eigenvalue weighted by atomic mass is 9.91. The molecule has 0 saturated heterocycles. The highest BCUT2D eigenvalue weighted by atomic mass is 16.5. The van der Waals surface area contributed by atoms with Gasteiger partial charge in [-0.1, -0.05) is 26.8 Å². The summed E-state index contributed by atoms with van der Waals surface area (Å²) in [6, 6.07) is 4.38. The molecule has 0 aliphatic carbocycles. The number of amides is 2. The standard InChI is InChI=1S/C20H28N2O5/c1-6-10-27-15-11-13(8-9-14(15)25-5)18-16(19(23)26-7-2)17(12(3)4)21-20(24)22-18/h8-9,11-12,18H,6-7,10H2,1-5H3,(H2,21,22,24). The quantitative estimate of drug-likeness (QED) is 0.680. The zero-order valence-corrected chi connectivity index (χ0v) is 16.5. The molecule has 148 valence electrons. The highest BCUT2D eigenvalue weighted by Crippen LogP contribution is 2.35. The van der Waals surface area contributed by atoms with Gasteiger partial charge in [-0.15, -0.1) is 0 Å². The van der Waals surface area contributed by atoms with Crippen molar-refractivity contribution in [3.8, 4) is 11.5 Å². The summed E-state index contributed by atoms with van der Waals surface area (Å²) in [5.41, 5.74) is 1.69. The number of nitrogens with one attached hydrogen (secondary N) is 2. The van der Waals surface area contributed by atoms with E-state index in [1.807, 2.05) is 26.8 Å². The molecule has 0 fully saturated rings. The Morgan fingerprint density at radius 1 is 1.22 bits per heavy atom. The van der Waals surface area contributed by atoms with Crippen molar-refractivity contribution in [2.45, 2.75) is 40.2 Å². The van der Waals surface area contributed by atoms with Crippen LogP contribution < -0.4 is 20.1 Å². The fourth-order valence-electron chi connectivity index (χ4n) is 2.92. The molecule has 1 aliphatic rings. The Labute approximate surface area is 160 Å². The van der Waals surface area contributed by atoms with Gasteiger partial charge in [0.05, 0.1) is 31.9 Å². The second-order valence-corrected chi connectivity index (χ2v) is 6.49. The zero-order valence-electron chi connectivity index (χ0n) is 16.5. The number of hydrogen-bond donors (Lipinski definition) is 2. The van der Waals surface area contributed by atoms with Crippen LogP contribution in [0.15, 0.2) is 29.5 Å². The SMILES string of the molecule is CCCOc1cc(C2NC(=O)NC(C(C)C)=C2C(=O)OCC)ccc1OC. The first-order valence-corrected chi connectivity index (χ1v) is 9.22. The van der Waals surface area contributed by atoms with Gasteiger partial charge in [0.2, 0.25) is 0 Å². The number of methoxy groups -OCH3 is 1. The lowest BCUT2D eigenvalue weighted by Crippen LogP contribution is -2.47. The Morgan fingerprint density at radius 3 is 2.56 bits per heavy atom. The Hall–Kier alpha value is -2.70. The molecule has 2 rings (SSSR count). The van der Waals surface area contributed by atoms with E-state index >= 15 is 0 Å². The number of allylic oxidation sites excluding steroid dienone is 1. The van der Waals surface area contributed by atoms with Gasteiger partial charge in [0.15, 0.2) is 11.5 Å². The Balaban J connectivity index is 2.53. The first kappa shape index (κ1) is 20.6. The number of esters is 1. The molecule has 0 saturated carbocycles. The lowest BCUT2D eigenvalue weighted by Gasteiger charge is -2.31. The number of hydrogen-bond acceptors (Lipinski definition) is 5. The van der Waals surface area contributed by atoms with Gasteiger partial charge in [0.1, 0.15) is 0 Å². The predicted molar refractivity (Wildman–Crippen MR) is 102 cm³/mol. The molecule has 1 aliphatic heterocycles. The molecule has 0 aromatic heterocycles. The maximum Gasteiger partial charge on any atom is 0.338 e. The molecule has 0 bridgehead atoms. The Bertz CT molecular complexity index is 727. The topological polar surface area (TPSA) is 85.9 Å². The van der Waals surface area contributed by atoms with E-state index in [4.69, 9.17) is 14.2 Å². The van der Waals surface area contributed by atoms with E-state index in [0.29, 0.717) is 29.4 Å². The third kappa shape index (κ3) is 4.72. The lowest BCUT2D eigenvalue weighted by molar-refractivity contribution is -0.139. The first-order chi connectivity index (χ1) is 12.9. The smallest absolute Gasteiger partial charge is 0.338 e. The van der Waals surface area contributed by atoms with Crippen LogP contribution in [0.4, 0.5) is 4.79 Å². The van der Waals surface area contributed by atoms with Gasteiger partial charge in [0, 0.05) is 5.70 Å². The van der Waals surface area contributed by atoms with Crippen molar-refractivity contribution in [1.29, 1.82) is 0 Å². The number of benzene rings is 1. The van der Waals surface area contributed by atoms with Crippen molar-refractivity contribution >= 4 is 12.0 Å². The van der Waals surface area contributed by atoms with E-state index in [1.54, 1.807) is 26.2 Å². The summed E-state index contributed by atoms with van der Waals surface area (Å²) in [5.74, 6) is 0.662. The van der Waals surface area contributed by atoms with E-state index in [1.165, 1.54) is 0 Å². The fourth-order valence-corrected chi connectivity index (χ4v) is 2.92. The molecule has 1 aromatic rings. The summed E-state index contributed by atoms with van der Waals surface area (Å²) in [6.45, 7) is 8.39. The van der Waals surface area contributed by atoms with E-state index < -0.39 is 12.0 Å². The van der Waals surface area contributed by atoms with E-state index in [2.05, 4.69) is 10.6 Å². The average Bonchev–Trinajstić information content (AvgIpc) is 2.65. The molecular weight excluding hydrogens is 348 g/mol. The average molecular weight is 376 g/mol. The molecular formula is C20H28N2O5. The minimum atomic E-state index is -0.634. The van der Waals surface area contributed by atoms with Crippen LogP contribution in [0.5, 0.6) is 11.5 Å². The van der Waals surface area contributed by atoms with E-state index in [-0.39, 0.29) is 18.6 Å². The van der Waals surface area contributed by atoms with Crippen molar-refractivity contribution in [3.05, 3.63) is 35.0 Å². The van der Waals surface area contributed by atoms with Crippen molar-refractivity contribution in [2.75, 3.05) is 20.3 Å². The van der Waals surface area contributed by atoms with Crippen LogP contribution in [0.25, 0.3) is 0 Å². The largest absolute Gasteiger partial charge is 0.493 e. The van der Waals surface area contributed by atoms with Gasteiger partial charge < -0.3 is 24.8 Å². The number of carbonyl (C=O) groups is 2. The van der Waals surface area contributed by atoms with Crippen molar-refractivity contribution < 1.29 is 23.8 Å². The molecule has 1 heterocycles. The van der Waals surface area contributed by atoms with Crippen LogP contribution in [0.3, 0.4) is 0 Å². The normalized spacial score (nSPS) is 16.7. The molecule has 1 aromatic carbocycles. The van der Waals surface area contributed by atoms with E-state index in [0.717, 1.165) is 12.0 Å². The number of urea groups is 1. The molecule has 2 amide bonds. The van der Waals surface area contributed by atoms with Gasteiger partial charge in [-0.05, 0) is 37.0 Å². The molecule has 7 nitrogen and oxygen atoms in total. The summed E-state index contributed by atoms with van der Waals surface area (Å²) in [5, 5.41) is 5.57. The minimum absolute atomic E-state index is 0.0491. The minimum Gasteiger partial charge on any atom is -0.493 e. The first-order valence-electron chi connectivity index (χ1n) is 9.22. The molecule has 1 unspecified atom stereocenters. The highest BCUT2D eigenvalue weighted by molar-refractivity contribution is 5.95. The second kappa shape index (κ2) is 9.30. The summed E-state index contributed by atoms with van der Waals surface area (Å²) in [6.07, 6.45) is 0.850. The van der Waals surface area contributed by atoms with Gasteiger partial charge in [-0.3, -0.25) is 0 Å². The third-order valence-electron chi connectivity index (χ3n) is 4.16. The van der Waals surface area contributed by atoms with Crippen LogP contribution in [-0.4, -0.2) is 32.3 Å². The molecule has 7 heteroatoms. The molecule has 0 spiro atoms. The molecule has 27 heavy (non-hydrogen) atoms. The number of carbonyl (C=O) groups excluding carboxylic acids is 2. The van der Waals surface area contributed by atoms with Crippen LogP contribution >= 0.6 is 0 Å². The maximum atomic E-state index is 12.7. The summed E-state index contributed by atoms with van der Waals surface area (Å²) in [4.78, 5) is 24.9. The highest BCUT2D eigenvalue weighted by Gasteiger charge is 2.35. The number of rotatable bonds is 8. The van der Waals surface area contributed by atoms with Gasteiger partial charge in [-0.2, -0.15) is 0 Å². The summed E-state index contributed by atoms with van der Waals surface area (Å²) < 4.78 is 16.4. The van der Waals surface area contributed by atoms with Crippen molar-refractivity contribution in [2.24, 2.45) is 5.92 Å². The Kier molecular flexibility index (Phi) is 7.10. The third-order valence-corrected chi connectivity index (χ3v) is 4.16. The molecule has 1 atom stereocenters. The monoisotopic (exact) mass is 376 g/mol. The van der Waals surface area contributed by atoms with Gasteiger partial charge in [0.25, 0.3) is 0 Å². The second-order valence-electron chi connectivity index (χ2n) is 6.49. The van der Waals surface area contributed by atoms with Crippen LogP contribution in [-0.2, 0) is 9.53 Å². The predicted octanol–water partition coefficient (Wildman–Crippen LogP) is 3.31. The van der Waals surface area contributed by atoms with Crippen LogP contribution in [0.1, 0.15) is 45.7 Å². The summed E-state index contributed by atoms with van der Waals surface area (Å²) >= 11 is 0. The fraction of sp³-hybridized carbons (Fsp3) is 0.500.